The number of fused-ring (bicyclic) bond motifs is 1. The third-order valence-electron chi connectivity index (χ3n) is 4.47. The molecule has 132 valence electrons. The molecule has 0 bridgehead atoms. The number of benzene rings is 1. The van der Waals surface area contributed by atoms with Crippen LogP contribution in [-0.4, -0.2) is 64.9 Å². The maximum atomic E-state index is 13.1. The molecule has 25 heavy (non-hydrogen) atoms. The lowest BCUT2D eigenvalue weighted by Gasteiger charge is -2.34. The second-order valence-electron chi connectivity index (χ2n) is 6.06. The summed E-state index contributed by atoms with van der Waals surface area (Å²) in [6, 6.07) is 8.28. The van der Waals surface area contributed by atoms with Crippen molar-refractivity contribution in [1.82, 2.24) is 9.80 Å². The molecule has 1 amide bonds. The van der Waals surface area contributed by atoms with E-state index < -0.39 is 23.3 Å². The normalized spacial score (nSPS) is 22.9. The Morgan fingerprint density at radius 1 is 1.24 bits per heavy atom. The van der Waals surface area contributed by atoms with E-state index >= 15 is 0 Å². The molecule has 1 atom stereocenters. The average Bonchev–Trinajstić information content (AvgIpc) is 2.86. The minimum Gasteiger partial charge on any atom is -0.463 e. The zero-order valence-electron chi connectivity index (χ0n) is 14.2. The zero-order chi connectivity index (χ0) is 18.2. The Hall–Kier alpha value is -2.67. The first kappa shape index (κ1) is 17.2. The van der Waals surface area contributed by atoms with Crippen LogP contribution in [0.5, 0.6) is 0 Å². The molecule has 1 unspecified atom stereocenters. The Bertz CT molecular complexity index is 758. The molecule has 1 N–H and O–H groups in total. The number of Topliss-reactive ketones (excluding diaryl/α,β-unsaturated/α-hetero) is 1. The van der Waals surface area contributed by atoms with Gasteiger partial charge in [-0.1, -0.05) is 30.3 Å². The number of hydrogen-bond donors (Lipinski definition) is 1. The number of hydrogen-bond acceptors (Lipinski definition) is 6. The Morgan fingerprint density at radius 2 is 1.92 bits per heavy atom. The van der Waals surface area contributed by atoms with Crippen LogP contribution in [0.25, 0.3) is 0 Å². The molecule has 0 aliphatic carbocycles. The minimum absolute atomic E-state index is 0.00754. The average molecular weight is 344 g/mol. The van der Waals surface area contributed by atoms with Gasteiger partial charge in [-0.25, -0.2) is 4.79 Å². The first-order valence-corrected chi connectivity index (χ1v) is 8.20. The van der Waals surface area contributed by atoms with E-state index in [0.29, 0.717) is 25.1 Å². The highest BCUT2D eigenvalue weighted by atomic mass is 16.6. The summed E-state index contributed by atoms with van der Waals surface area (Å²) in [5, 5.41) is 11.0. The van der Waals surface area contributed by atoms with Crippen molar-refractivity contribution in [3.05, 3.63) is 47.3 Å². The summed E-state index contributed by atoms with van der Waals surface area (Å²) < 4.78 is 4.92. The van der Waals surface area contributed by atoms with Gasteiger partial charge in [0.05, 0.1) is 12.2 Å². The quantitative estimate of drug-likeness (QED) is 0.488. The van der Waals surface area contributed by atoms with Crippen molar-refractivity contribution >= 4 is 17.7 Å². The Labute approximate surface area is 145 Å². The highest BCUT2D eigenvalue weighted by Crippen LogP contribution is 2.39. The maximum Gasteiger partial charge on any atom is 0.353 e. The van der Waals surface area contributed by atoms with E-state index in [1.807, 2.05) is 0 Å². The van der Waals surface area contributed by atoms with Crippen molar-refractivity contribution in [2.24, 2.45) is 0 Å². The van der Waals surface area contributed by atoms with Gasteiger partial charge in [-0.2, -0.15) is 0 Å². The van der Waals surface area contributed by atoms with Crippen molar-refractivity contribution in [2.45, 2.75) is 18.9 Å². The van der Waals surface area contributed by atoms with Crippen molar-refractivity contribution in [2.75, 3.05) is 26.7 Å². The van der Waals surface area contributed by atoms with Crippen molar-refractivity contribution in [3.8, 4) is 0 Å². The molecule has 7 heteroatoms. The lowest BCUT2D eigenvalue weighted by atomic mass is 9.89. The largest absolute Gasteiger partial charge is 0.463 e. The van der Waals surface area contributed by atoms with E-state index in [4.69, 9.17) is 4.74 Å². The smallest absolute Gasteiger partial charge is 0.353 e. The van der Waals surface area contributed by atoms with E-state index in [1.54, 1.807) is 49.2 Å². The van der Waals surface area contributed by atoms with Gasteiger partial charge in [0.2, 0.25) is 0 Å². The van der Waals surface area contributed by atoms with Gasteiger partial charge < -0.3 is 14.7 Å². The van der Waals surface area contributed by atoms with Crippen molar-refractivity contribution < 1.29 is 24.2 Å². The summed E-state index contributed by atoms with van der Waals surface area (Å²) in [6.07, 6.45) is 0.678. The molecular weight excluding hydrogens is 324 g/mol. The molecule has 2 aliphatic heterocycles. The number of amides is 1. The Morgan fingerprint density at radius 3 is 2.56 bits per heavy atom. The third-order valence-corrected chi connectivity index (χ3v) is 4.47. The monoisotopic (exact) mass is 344 g/mol. The van der Waals surface area contributed by atoms with Gasteiger partial charge in [0.25, 0.3) is 11.5 Å². The fraction of sp³-hybridized carbons (Fsp3) is 0.389. The number of carbonyl (C=O) groups excluding carboxylic acids is 3. The van der Waals surface area contributed by atoms with Crippen LogP contribution in [0.15, 0.2) is 41.7 Å². The second kappa shape index (κ2) is 6.33. The Kier molecular flexibility index (Phi) is 4.34. The summed E-state index contributed by atoms with van der Waals surface area (Å²) in [4.78, 5) is 41.4. The minimum atomic E-state index is -2.61. The van der Waals surface area contributed by atoms with Gasteiger partial charge >= 0.3 is 5.97 Å². The van der Waals surface area contributed by atoms with Gasteiger partial charge in [0, 0.05) is 25.7 Å². The third kappa shape index (κ3) is 2.51. The molecule has 1 aromatic carbocycles. The van der Waals surface area contributed by atoms with Crippen LogP contribution in [0.3, 0.4) is 0 Å². The number of ether oxygens (including phenoxy) is 1. The molecule has 2 heterocycles. The molecule has 0 aromatic heterocycles. The SMILES string of the molecule is CCOC(=O)C1(O)C(=O)N2CCCN(C)C2=C1C(=O)c1ccccc1. The number of ketones is 1. The van der Waals surface area contributed by atoms with Crippen LogP contribution in [-0.2, 0) is 14.3 Å². The summed E-state index contributed by atoms with van der Waals surface area (Å²) in [5.74, 6) is -2.22. The summed E-state index contributed by atoms with van der Waals surface area (Å²) >= 11 is 0. The van der Waals surface area contributed by atoms with Crippen LogP contribution in [0.1, 0.15) is 23.7 Å². The molecular formula is C18H20N2O5. The first-order valence-electron chi connectivity index (χ1n) is 8.20. The number of esters is 1. The molecule has 1 aromatic rings. The molecule has 1 fully saturated rings. The van der Waals surface area contributed by atoms with E-state index in [0.717, 1.165) is 0 Å². The lowest BCUT2D eigenvalue weighted by molar-refractivity contribution is -0.168. The number of nitrogens with zero attached hydrogens (tertiary/aromatic N) is 2. The number of carbonyl (C=O) groups is 3. The lowest BCUT2D eigenvalue weighted by Crippen LogP contribution is -2.52. The van der Waals surface area contributed by atoms with Crippen LogP contribution in [0.2, 0.25) is 0 Å². The van der Waals surface area contributed by atoms with E-state index in [2.05, 4.69) is 0 Å². The highest BCUT2D eigenvalue weighted by molar-refractivity contribution is 6.25. The molecule has 0 radical (unpaired) electrons. The van der Waals surface area contributed by atoms with Gasteiger partial charge in [-0.05, 0) is 13.3 Å². The van der Waals surface area contributed by atoms with Crippen molar-refractivity contribution in [1.29, 1.82) is 0 Å². The van der Waals surface area contributed by atoms with Crippen LogP contribution < -0.4 is 0 Å². The fourth-order valence-electron chi connectivity index (χ4n) is 3.30. The van der Waals surface area contributed by atoms with Gasteiger partial charge in [0.1, 0.15) is 5.82 Å². The van der Waals surface area contributed by atoms with Gasteiger partial charge in [-0.15, -0.1) is 0 Å². The summed E-state index contributed by atoms with van der Waals surface area (Å²) in [5.41, 5.74) is -2.55. The number of rotatable bonds is 4. The van der Waals surface area contributed by atoms with E-state index in [9.17, 15) is 19.5 Å². The van der Waals surface area contributed by atoms with Crippen LogP contribution >= 0.6 is 0 Å². The summed E-state index contributed by atoms with van der Waals surface area (Å²) in [7, 11) is 1.73. The highest BCUT2D eigenvalue weighted by Gasteiger charge is 2.61. The van der Waals surface area contributed by atoms with Crippen LogP contribution in [0, 0.1) is 0 Å². The molecule has 2 aliphatic rings. The number of aliphatic hydroxyl groups is 1. The maximum absolute atomic E-state index is 13.1. The van der Waals surface area contributed by atoms with E-state index in [1.165, 1.54) is 4.90 Å². The van der Waals surface area contributed by atoms with Gasteiger partial charge in [0.15, 0.2) is 5.78 Å². The summed E-state index contributed by atoms with van der Waals surface area (Å²) in [6.45, 7) is 2.52. The molecule has 7 nitrogen and oxygen atoms in total. The first-order chi connectivity index (χ1) is 11.9. The standard InChI is InChI=1S/C18H20N2O5/c1-3-25-17(23)18(24)13(14(21)12-8-5-4-6-9-12)15-19(2)10-7-11-20(15)16(18)22/h4-6,8-9,24H,3,7,10-11H2,1-2H3. The molecule has 3 rings (SSSR count). The van der Waals surface area contributed by atoms with Crippen LogP contribution in [0.4, 0.5) is 0 Å². The molecule has 0 saturated carbocycles. The molecule has 1 saturated heterocycles. The zero-order valence-corrected chi connectivity index (χ0v) is 14.2. The van der Waals surface area contributed by atoms with E-state index in [-0.39, 0.29) is 18.0 Å². The topological polar surface area (TPSA) is 87.2 Å². The Balaban J connectivity index is 2.19. The second-order valence-corrected chi connectivity index (χ2v) is 6.06. The predicted octanol–water partition coefficient (Wildman–Crippen LogP) is 0.553. The van der Waals surface area contributed by atoms with Crippen molar-refractivity contribution in [3.63, 3.8) is 0 Å². The fourth-order valence-corrected chi connectivity index (χ4v) is 3.30. The predicted molar refractivity (Wildman–Crippen MR) is 88.3 cm³/mol. The van der Waals surface area contributed by atoms with Gasteiger partial charge in [-0.3, -0.25) is 14.5 Å². The molecule has 0 spiro atoms.